The zero-order valence-corrected chi connectivity index (χ0v) is 9.97. The van der Waals surface area contributed by atoms with E-state index in [2.05, 4.69) is 6.92 Å². The van der Waals surface area contributed by atoms with Crippen molar-refractivity contribution in [2.75, 3.05) is 6.61 Å². The molecule has 16 heavy (non-hydrogen) atoms. The Bertz CT molecular complexity index is 411. The SMILES string of the molecule is CCCCCOc1ccc(S(=O)(=O)F)cc1. The molecule has 0 heterocycles. The molecule has 0 fully saturated rings. The third-order valence-electron chi connectivity index (χ3n) is 2.12. The average Bonchev–Trinajstić information content (AvgIpc) is 2.24. The van der Waals surface area contributed by atoms with Gasteiger partial charge < -0.3 is 4.74 Å². The third kappa shape index (κ3) is 4.18. The molecule has 0 aliphatic rings. The predicted molar refractivity (Wildman–Crippen MR) is 59.8 cm³/mol. The van der Waals surface area contributed by atoms with Crippen LogP contribution in [0.2, 0.25) is 0 Å². The van der Waals surface area contributed by atoms with Crippen molar-refractivity contribution in [2.45, 2.75) is 31.1 Å². The summed E-state index contributed by atoms with van der Waals surface area (Å²) in [6, 6.07) is 5.31. The molecule has 90 valence electrons. The fourth-order valence-electron chi connectivity index (χ4n) is 1.24. The van der Waals surface area contributed by atoms with Crippen LogP contribution in [0.4, 0.5) is 3.89 Å². The number of rotatable bonds is 6. The Morgan fingerprint density at radius 1 is 1.19 bits per heavy atom. The number of unbranched alkanes of at least 4 members (excludes halogenated alkanes) is 2. The van der Waals surface area contributed by atoms with Gasteiger partial charge in [-0.05, 0) is 30.7 Å². The van der Waals surface area contributed by atoms with E-state index in [1.165, 1.54) is 24.3 Å². The second-order valence-electron chi connectivity index (χ2n) is 3.46. The van der Waals surface area contributed by atoms with Crippen molar-refractivity contribution in [1.82, 2.24) is 0 Å². The van der Waals surface area contributed by atoms with Gasteiger partial charge in [0.15, 0.2) is 0 Å². The summed E-state index contributed by atoms with van der Waals surface area (Å²) in [6.07, 6.45) is 3.17. The number of ether oxygens (including phenoxy) is 1. The average molecular weight is 246 g/mol. The summed E-state index contributed by atoms with van der Waals surface area (Å²) < 4.78 is 39.0. The molecular formula is C11H15FO3S. The van der Waals surface area contributed by atoms with Crippen LogP contribution < -0.4 is 4.74 Å². The van der Waals surface area contributed by atoms with Crippen LogP contribution in [-0.2, 0) is 10.2 Å². The van der Waals surface area contributed by atoms with E-state index in [-0.39, 0.29) is 4.90 Å². The summed E-state index contributed by atoms with van der Waals surface area (Å²) in [6.45, 7) is 2.69. The lowest BCUT2D eigenvalue weighted by atomic mass is 10.3. The molecule has 0 atom stereocenters. The summed E-state index contributed by atoms with van der Waals surface area (Å²) in [4.78, 5) is -0.339. The first-order valence-corrected chi connectivity index (χ1v) is 6.60. The van der Waals surface area contributed by atoms with E-state index in [1.54, 1.807) is 0 Å². The molecular weight excluding hydrogens is 231 g/mol. The summed E-state index contributed by atoms with van der Waals surface area (Å²) in [5.74, 6) is 0.559. The lowest BCUT2D eigenvalue weighted by Gasteiger charge is -2.05. The van der Waals surface area contributed by atoms with Gasteiger partial charge in [-0.3, -0.25) is 0 Å². The van der Waals surface area contributed by atoms with Crippen LogP contribution in [0.5, 0.6) is 5.75 Å². The van der Waals surface area contributed by atoms with Crippen LogP contribution in [0.25, 0.3) is 0 Å². The van der Waals surface area contributed by atoms with Crippen molar-refractivity contribution in [3.63, 3.8) is 0 Å². The van der Waals surface area contributed by atoms with E-state index in [0.29, 0.717) is 12.4 Å². The van der Waals surface area contributed by atoms with Crippen LogP contribution in [-0.4, -0.2) is 15.0 Å². The van der Waals surface area contributed by atoms with Crippen LogP contribution in [0, 0.1) is 0 Å². The van der Waals surface area contributed by atoms with Gasteiger partial charge in [0.05, 0.1) is 11.5 Å². The molecule has 0 N–H and O–H groups in total. The van der Waals surface area contributed by atoms with E-state index in [9.17, 15) is 12.3 Å². The molecule has 1 aromatic carbocycles. The normalized spacial score (nSPS) is 11.4. The Balaban J connectivity index is 2.52. The maximum absolute atomic E-state index is 12.5. The lowest BCUT2D eigenvalue weighted by Crippen LogP contribution is -1.97. The van der Waals surface area contributed by atoms with Crippen molar-refractivity contribution in [3.05, 3.63) is 24.3 Å². The molecule has 3 nitrogen and oxygen atoms in total. The second-order valence-corrected chi connectivity index (χ2v) is 4.81. The number of benzene rings is 1. The summed E-state index contributed by atoms with van der Waals surface area (Å²) in [5.41, 5.74) is 0. The van der Waals surface area contributed by atoms with E-state index in [0.717, 1.165) is 19.3 Å². The minimum absolute atomic E-state index is 0.339. The smallest absolute Gasteiger partial charge is 0.332 e. The first-order chi connectivity index (χ1) is 7.54. The molecule has 1 rings (SSSR count). The Labute approximate surface area is 95.5 Å². The van der Waals surface area contributed by atoms with Gasteiger partial charge >= 0.3 is 10.2 Å². The highest BCUT2D eigenvalue weighted by atomic mass is 32.3. The minimum atomic E-state index is -4.60. The molecule has 0 radical (unpaired) electrons. The van der Waals surface area contributed by atoms with Gasteiger partial charge in [0.2, 0.25) is 0 Å². The van der Waals surface area contributed by atoms with Gasteiger partial charge in [0, 0.05) is 0 Å². The minimum Gasteiger partial charge on any atom is -0.494 e. The Morgan fingerprint density at radius 3 is 2.31 bits per heavy atom. The van der Waals surface area contributed by atoms with Crippen LogP contribution in [0.1, 0.15) is 26.2 Å². The third-order valence-corrected chi connectivity index (χ3v) is 2.96. The molecule has 0 aromatic heterocycles. The molecule has 0 saturated heterocycles. The lowest BCUT2D eigenvalue weighted by molar-refractivity contribution is 0.306. The number of hydrogen-bond donors (Lipinski definition) is 0. The van der Waals surface area contributed by atoms with Gasteiger partial charge in [-0.2, -0.15) is 8.42 Å². The summed E-state index contributed by atoms with van der Waals surface area (Å²) in [5, 5.41) is 0. The van der Waals surface area contributed by atoms with Crippen molar-refractivity contribution < 1.29 is 17.0 Å². The maximum Gasteiger partial charge on any atom is 0.332 e. The van der Waals surface area contributed by atoms with E-state index in [1.807, 2.05) is 0 Å². The quantitative estimate of drug-likeness (QED) is 0.572. The van der Waals surface area contributed by atoms with Gasteiger partial charge in [-0.15, -0.1) is 3.89 Å². The Morgan fingerprint density at radius 2 is 1.81 bits per heavy atom. The first-order valence-electron chi connectivity index (χ1n) is 5.21. The predicted octanol–water partition coefficient (Wildman–Crippen LogP) is 2.91. The maximum atomic E-state index is 12.5. The highest BCUT2D eigenvalue weighted by molar-refractivity contribution is 7.86. The van der Waals surface area contributed by atoms with E-state index in [4.69, 9.17) is 4.74 Å². The van der Waals surface area contributed by atoms with Gasteiger partial charge in [-0.1, -0.05) is 19.8 Å². The Kier molecular flexibility index (Phi) is 4.73. The molecule has 0 spiro atoms. The standard InChI is InChI=1S/C11H15FO3S/c1-2-3-4-9-15-10-5-7-11(8-6-10)16(12,13)14/h5-8H,2-4,9H2,1H3. The number of halogens is 1. The molecule has 0 amide bonds. The van der Waals surface area contributed by atoms with Crippen LogP contribution >= 0.6 is 0 Å². The van der Waals surface area contributed by atoms with Crippen molar-refractivity contribution in [3.8, 4) is 5.75 Å². The summed E-state index contributed by atoms with van der Waals surface area (Å²) in [7, 11) is -4.60. The monoisotopic (exact) mass is 246 g/mol. The van der Waals surface area contributed by atoms with Crippen molar-refractivity contribution in [2.24, 2.45) is 0 Å². The topological polar surface area (TPSA) is 43.4 Å². The highest BCUT2D eigenvalue weighted by Gasteiger charge is 2.10. The van der Waals surface area contributed by atoms with Crippen LogP contribution in [0.3, 0.4) is 0 Å². The summed E-state index contributed by atoms with van der Waals surface area (Å²) >= 11 is 0. The highest BCUT2D eigenvalue weighted by Crippen LogP contribution is 2.17. The Hall–Kier alpha value is -1.10. The molecule has 1 aromatic rings. The molecule has 5 heteroatoms. The fourth-order valence-corrected chi connectivity index (χ4v) is 1.70. The zero-order valence-electron chi connectivity index (χ0n) is 9.15. The molecule has 0 saturated carbocycles. The van der Waals surface area contributed by atoms with Gasteiger partial charge in [-0.25, -0.2) is 0 Å². The van der Waals surface area contributed by atoms with Gasteiger partial charge in [0.25, 0.3) is 0 Å². The van der Waals surface area contributed by atoms with Crippen LogP contribution in [0.15, 0.2) is 29.2 Å². The van der Waals surface area contributed by atoms with Gasteiger partial charge in [0.1, 0.15) is 5.75 Å². The first kappa shape index (κ1) is 13.0. The van der Waals surface area contributed by atoms with Crippen molar-refractivity contribution in [1.29, 1.82) is 0 Å². The molecule has 0 unspecified atom stereocenters. The molecule has 0 aliphatic heterocycles. The zero-order chi connectivity index (χ0) is 12.0. The van der Waals surface area contributed by atoms with Crippen molar-refractivity contribution >= 4 is 10.2 Å². The largest absolute Gasteiger partial charge is 0.494 e. The second kappa shape index (κ2) is 5.84. The van der Waals surface area contributed by atoms with E-state index >= 15 is 0 Å². The van der Waals surface area contributed by atoms with E-state index < -0.39 is 10.2 Å². The fraction of sp³-hybridized carbons (Fsp3) is 0.455. The molecule has 0 bridgehead atoms. The number of hydrogen-bond acceptors (Lipinski definition) is 3. The molecule has 0 aliphatic carbocycles.